The van der Waals surface area contributed by atoms with Crippen LogP contribution in [-0.4, -0.2) is 41.2 Å². The van der Waals surface area contributed by atoms with Gasteiger partial charge in [0.1, 0.15) is 6.61 Å². The summed E-state index contributed by atoms with van der Waals surface area (Å²) in [4.78, 5) is 26.5. The van der Waals surface area contributed by atoms with Gasteiger partial charge in [-0.25, -0.2) is 9.59 Å². The van der Waals surface area contributed by atoms with Crippen LogP contribution in [0.1, 0.15) is 11.1 Å². The molecule has 1 unspecified atom stereocenters. The zero-order valence-corrected chi connectivity index (χ0v) is 15.2. The topological polar surface area (TPSA) is 55.8 Å². The van der Waals surface area contributed by atoms with E-state index in [4.69, 9.17) is 9.47 Å². The normalized spacial score (nSPS) is 14.7. The van der Waals surface area contributed by atoms with E-state index < -0.39 is 18.2 Å². The minimum absolute atomic E-state index is 0.155. The molecule has 0 radical (unpaired) electrons. The summed E-state index contributed by atoms with van der Waals surface area (Å²) in [6.07, 6.45) is -1.13. The van der Waals surface area contributed by atoms with Crippen LogP contribution in [0.3, 0.4) is 0 Å². The summed E-state index contributed by atoms with van der Waals surface area (Å²) in [6.45, 7) is 0.794. The average Bonchev–Trinajstić information content (AvgIpc) is 3.22. The predicted octanol–water partition coefficient (Wildman–Crippen LogP) is 3.48. The maximum absolute atomic E-state index is 12.5. The van der Waals surface area contributed by atoms with Gasteiger partial charge in [0.25, 0.3) is 0 Å². The van der Waals surface area contributed by atoms with Crippen LogP contribution < -0.4 is 0 Å². The Kier molecular flexibility index (Phi) is 6.55. The highest BCUT2D eigenvalue weighted by molar-refractivity contribution is 7.99. The van der Waals surface area contributed by atoms with Crippen molar-refractivity contribution in [3.05, 3.63) is 71.8 Å². The third kappa shape index (κ3) is 5.26. The Labute approximate surface area is 157 Å². The number of benzene rings is 2. The average molecular weight is 371 g/mol. The third-order valence-electron chi connectivity index (χ3n) is 4.00. The van der Waals surface area contributed by atoms with E-state index in [1.54, 1.807) is 16.7 Å². The number of esters is 1. The second kappa shape index (κ2) is 9.29. The molecule has 1 fully saturated rings. The molecule has 26 heavy (non-hydrogen) atoms. The highest BCUT2D eigenvalue weighted by Crippen LogP contribution is 2.17. The van der Waals surface area contributed by atoms with Gasteiger partial charge in [-0.2, -0.15) is 0 Å². The van der Waals surface area contributed by atoms with Crippen molar-refractivity contribution >= 4 is 23.8 Å². The number of hydrogen-bond donors (Lipinski definition) is 0. The lowest BCUT2D eigenvalue weighted by atomic mass is 10.1. The number of ether oxygens (including phenoxy) is 2. The van der Waals surface area contributed by atoms with Crippen molar-refractivity contribution < 1.29 is 19.1 Å². The Morgan fingerprint density at radius 3 is 2.27 bits per heavy atom. The minimum atomic E-state index is -0.959. The maximum atomic E-state index is 12.5. The molecule has 136 valence electrons. The summed E-state index contributed by atoms with van der Waals surface area (Å²) < 4.78 is 10.9. The Hall–Kier alpha value is -2.47. The van der Waals surface area contributed by atoms with Crippen molar-refractivity contribution in [2.45, 2.75) is 19.1 Å². The van der Waals surface area contributed by atoms with Gasteiger partial charge in [-0.1, -0.05) is 60.7 Å². The Morgan fingerprint density at radius 2 is 1.65 bits per heavy atom. The van der Waals surface area contributed by atoms with Crippen LogP contribution in [0.2, 0.25) is 0 Å². The van der Waals surface area contributed by atoms with Gasteiger partial charge >= 0.3 is 12.1 Å². The third-order valence-corrected chi connectivity index (χ3v) is 4.97. The van der Waals surface area contributed by atoms with Crippen molar-refractivity contribution in [1.29, 1.82) is 0 Å². The van der Waals surface area contributed by atoms with Crippen molar-refractivity contribution in [3.8, 4) is 0 Å². The second-order valence-corrected chi connectivity index (χ2v) is 7.03. The molecule has 0 aromatic heterocycles. The molecular formula is C20H21NO4S. The number of thioether (sulfide) groups is 1. The van der Waals surface area contributed by atoms with E-state index in [-0.39, 0.29) is 6.61 Å². The Balaban J connectivity index is 1.64. The number of amides is 1. The Morgan fingerprint density at radius 1 is 1.00 bits per heavy atom. The summed E-state index contributed by atoms with van der Waals surface area (Å²) in [6, 6.07) is 18.9. The zero-order valence-electron chi connectivity index (χ0n) is 14.4. The van der Waals surface area contributed by atoms with E-state index >= 15 is 0 Å². The number of hydrogen-bond acceptors (Lipinski definition) is 5. The van der Waals surface area contributed by atoms with Gasteiger partial charge in [0.05, 0.1) is 5.88 Å². The van der Waals surface area contributed by atoms with Gasteiger partial charge in [-0.3, -0.25) is 4.90 Å². The summed E-state index contributed by atoms with van der Waals surface area (Å²) >= 11 is 1.67. The van der Waals surface area contributed by atoms with Gasteiger partial charge in [-0.15, -0.1) is 11.8 Å². The van der Waals surface area contributed by atoms with E-state index in [0.29, 0.717) is 18.8 Å². The molecule has 0 spiro atoms. The van der Waals surface area contributed by atoms with Crippen LogP contribution in [0.25, 0.3) is 0 Å². The second-order valence-electron chi connectivity index (χ2n) is 5.96. The van der Waals surface area contributed by atoms with Crippen LogP contribution in [-0.2, 0) is 27.3 Å². The van der Waals surface area contributed by atoms with E-state index in [1.807, 2.05) is 60.7 Å². The van der Waals surface area contributed by atoms with Crippen LogP contribution >= 0.6 is 11.8 Å². The quantitative estimate of drug-likeness (QED) is 0.728. The molecule has 0 saturated carbocycles. The maximum Gasteiger partial charge on any atom is 0.411 e. The van der Waals surface area contributed by atoms with Gasteiger partial charge in [-0.05, 0) is 11.1 Å². The first-order chi connectivity index (χ1) is 12.7. The highest BCUT2D eigenvalue weighted by atomic mass is 32.2. The fourth-order valence-corrected chi connectivity index (χ4v) is 3.51. The van der Waals surface area contributed by atoms with Crippen LogP contribution in [0.5, 0.6) is 0 Å². The SMILES string of the molecule is O=C(OCc1ccccc1)C(Cc1ccccc1)OC(=O)N1CCSC1. The van der Waals surface area contributed by atoms with Gasteiger partial charge in [0, 0.05) is 18.7 Å². The molecule has 2 aromatic carbocycles. The lowest BCUT2D eigenvalue weighted by Crippen LogP contribution is -2.37. The molecule has 6 heteroatoms. The first-order valence-corrected chi connectivity index (χ1v) is 9.65. The van der Waals surface area contributed by atoms with E-state index in [1.165, 1.54) is 0 Å². The first kappa shape index (κ1) is 18.3. The largest absolute Gasteiger partial charge is 0.458 e. The molecular weight excluding hydrogens is 350 g/mol. The van der Waals surface area contributed by atoms with E-state index in [0.717, 1.165) is 16.9 Å². The molecule has 5 nitrogen and oxygen atoms in total. The summed E-state index contributed by atoms with van der Waals surface area (Å²) in [5.41, 5.74) is 1.80. The molecule has 1 saturated heterocycles. The van der Waals surface area contributed by atoms with Gasteiger partial charge in [0.15, 0.2) is 0 Å². The first-order valence-electron chi connectivity index (χ1n) is 8.50. The molecule has 1 aliphatic heterocycles. The standard InChI is InChI=1S/C20H21NO4S/c22-19(24-14-17-9-5-2-6-10-17)18(13-16-7-3-1-4-8-16)25-20(23)21-11-12-26-15-21/h1-10,18H,11-15H2. The van der Waals surface area contributed by atoms with Gasteiger partial charge < -0.3 is 9.47 Å². The highest BCUT2D eigenvalue weighted by Gasteiger charge is 2.29. The molecule has 3 rings (SSSR count). The van der Waals surface area contributed by atoms with Crippen molar-refractivity contribution in [1.82, 2.24) is 4.90 Å². The molecule has 2 aromatic rings. The number of nitrogens with zero attached hydrogens (tertiary/aromatic N) is 1. The molecule has 1 amide bonds. The number of rotatable bonds is 6. The molecule has 0 aliphatic carbocycles. The lowest BCUT2D eigenvalue weighted by molar-refractivity contribution is -0.155. The van der Waals surface area contributed by atoms with E-state index in [9.17, 15) is 9.59 Å². The summed E-state index contributed by atoms with van der Waals surface area (Å²) in [7, 11) is 0. The summed E-state index contributed by atoms with van der Waals surface area (Å²) in [5.74, 6) is 0.949. The fraction of sp³-hybridized carbons (Fsp3) is 0.300. The van der Waals surface area contributed by atoms with Crippen LogP contribution in [0, 0.1) is 0 Å². The smallest absolute Gasteiger partial charge is 0.411 e. The van der Waals surface area contributed by atoms with Crippen molar-refractivity contribution in [2.24, 2.45) is 0 Å². The predicted molar refractivity (Wildman–Crippen MR) is 101 cm³/mol. The Bertz CT molecular complexity index is 717. The zero-order chi connectivity index (χ0) is 18.2. The van der Waals surface area contributed by atoms with Crippen LogP contribution in [0.4, 0.5) is 4.79 Å². The van der Waals surface area contributed by atoms with Crippen molar-refractivity contribution in [2.75, 3.05) is 18.2 Å². The molecule has 1 heterocycles. The molecule has 1 aliphatic rings. The van der Waals surface area contributed by atoms with Gasteiger partial charge in [0.2, 0.25) is 6.10 Å². The monoisotopic (exact) mass is 371 g/mol. The van der Waals surface area contributed by atoms with Crippen LogP contribution in [0.15, 0.2) is 60.7 Å². The minimum Gasteiger partial charge on any atom is -0.458 e. The van der Waals surface area contributed by atoms with Crippen molar-refractivity contribution in [3.63, 3.8) is 0 Å². The lowest BCUT2D eigenvalue weighted by Gasteiger charge is -2.21. The number of carbonyl (C=O) groups is 2. The van der Waals surface area contributed by atoms with E-state index in [2.05, 4.69) is 0 Å². The number of carbonyl (C=O) groups excluding carboxylic acids is 2. The molecule has 1 atom stereocenters. The fourth-order valence-electron chi connectivity index (χ4n) is 2.58. The molecule has 0 N–H and O–H groups in total. The summed E-state index contributed by atoms with van der Waals surface area (Å²) in [5, 5.41) is 0. The molecule has 0 bridgehead atoms.